The van der Waals surface area contributed by atoms with E-state index in [9.17, 15) is 20.4 Å². The topological polar surface area (TPSA) is 90.2 Å². The molecule has 5 heteroatoms. The summed E-state index contributed by atoms with van der Waals surface area (Å²) in [6.45, 7) is 1.56. The van der Waals surface area contributed by atoms with E-state index in [-0.39, 0.29) is 0 Å². The maximum atomic E-state index is 9.45. The van der Waals surface area contributed by atoms with Gasteiger partial charge in [0.2, 0.25) is 0 Å². The van der Waals surface area contributed by atoms with Gasteiger partial charge in [0.1, 0.15) is 18.3 Å². The molecule has 0 aromatic rings. The lowest BCUT2D eigenvalue weighted by atomic mass is 9.79. The zero-order valence-electron chi connectivity index (χ0n) is 7.66. The first-order chi connectivity index (χ1) is 6.00. The number of aliphatic hydroxyl groups excluding tert-OH is 4. The number of hydrogen-bond acceptors (Lipinski definition) is 5. The van der Waals surface area contributed by atoms with Gasteiger partial charge in [-0.2, -0.15) is 0 Å². The van der Waals surface area contributed by atoms with E-state index in [2.05, 4.69) is 0 Å². The highest BCUT2D eigenvalue weighted by molar-refractivity contribution is 4.97. The van der Waals surface area contributed by atoms with E-state index in [0.717, 1.165) is 0 Å². The van der Waals surface area contributed by atoms with Crippen LogP contribution < -0.4 is 0 Å². The van der Waals surface area contributed by atoms with Gasteiger partial charge < -0.3 is 25.2 Å². The lowest BCUT2D eigenvalue weighted by Crippen LogP contribution is -2.60. The molecule has 78 valence electrons. The molecule has 5 nitrogen and oxygen atoms in total. The largest absolute Gasteiger partial charge is 0.390 e. The Hall–Kier alpha value is -0.200. The molecule has 13 heavy (non-hydrogen) atoms. The SMILES string of the molecule is COC1C(O)C(O)C(C)C(O)C1O. The fourth-order valence-electron chi connectivity index (χ4n) is 1.69. The number of methoxy groups -OCH3 is 1. The van der Waals surface area contributed by atoms with E-state index in [4.69, 9.17) is 4.74 Å². The Balaban J connectivity index is 2.79. The first kappa shape index (κ1) is 10.9. The minimum Gasteiger partial charge on any atom is -0.390 e. The number of aliphatic hydroxyl groups is 4. The Labute approximate surface area is 76.6 Å². The average molecular weight is 192 g/mol. The van der Waals surface area contributed by atoms with Gasteiger partial charge in [-0.3, -0.25) is 0 Å². The summed E-state index contributed by atoms with van der Waals surface area (Å²) in [5.41, 5.74) is 0. The molecule has 0 aromatic carbocycles. The third-order valence-corrected chi connectivity index (χ3v) is 2.72. The Morgan fingerprint density at radius 2 is 1.23 bits per heavy atom. The average Bonchev–Trinajstić information content (AvgIpc) is 2.13. The molecule has 0 spiro atoms. The second-order valence-electron chi connectivity index (χ2n) is 3.52. The van der Waals surface area contributed by atoms with E-state index in [1.807, 2.05) is 0 Å². The van der Waals surface area contributed by atoms with Crippen molar-refractivity contribution < 1.29 is 25.2 Å². The molecule has 1 aliphatic carbocycles. The van der Waals surface area contributed by atoms with Crippen LogP contribution in [0, 0.1) is 5.92 Å². The molecule has 1 fully saturated rings. The van der Waals surface area contributed by atoms with E-state index in [1.165, 1.54) is 7.11 Å². The van der Waals surface area contributed by atoms with Crippen LogP contribution in [0.15, 0.2) is 0 Å². The predicted molar refractivity (Wildman–Crippen MR) is 44.0 cm³/mol. The zero-order chi connectivity index (χ0) is 10.2. The Bertz CT molecular complexity index is 158. The molecule has 4 N–H and O–H groups in total. The van der Waals surface area contributed by atoms with Crippen LogP contribution in [-0.2, 0) is 4.74 Å². The van der Waals surface area contributed by atoms with Crippen molar-refractivity contribution in [3.8, 4) is 0 Å². The molecule has 0 heterocycles. The summed E-state index contributed by atoms with van der Waals surface area (Å²) < 4.78 is 4.78. The van der Waals surface area contributed by atoms with E-state index >= 15 is 0 Å². The van der Waals surface area contributed by atoms with Crippen molar-refractivity contribution in [2.45, 2.75) is 37.4 Å². The molecule has 1 rings (SSSR count). The fourth-order valence-corrected chi connectivity index (χ4v) is 1.69. The number of ether oxygens (including phenoxy) is 1. The van der Waals surface area contributed by atoms with E-state index in [0.29, 0.717) is 0 Å². The Morgan fingerprint density at radius 3 is 1.54 bits per heavy atom. The molecule has 0 radical (unpaired) electrons. The third-order valence-electron chi connectivity index (χ3n) is 2.72. The van der Waals surface area contributed by atoms with Crippen LogP contribution in [0.25, 0.3) is 0 Å². The van der Waals surface area contributed by atoms with Crippen molar-refractivity contribution >= 4 is 0 Å². The van der Waals surface area contributed by atoms with Crippen LogP contribution in [0.3, 0.4) is 0 Å². The van der Waals surface area contributed by atoms with Crippen molar-refractivity contribution in [3.63, 3.8) is 0 Å². The van der Waals surface area contributed by atoms with Crippen LogP contribution >= 0.6 is 0 Å². The zero-order valence-corrected chi connectivity index (χ0v) is 7.66. The highest BCUT2D eigenvalue weighted by Gasteiger charge is 2.46. The second kappa shape index (κ2) is 3.89. The van der Waals surface area contributed by atoms with Gasteiger partial charge in [-0.15, -0.1) is 0 Å². The summed E-state index contributed by atoms with van der Waals surface area (Å²) in [6.07, 6.45) is -5.37. The quantitative estimate of drug-likeness (QED) is 0.389. The van der Waals surface area contributed by atoms with Gasteiger partial charge in [-0.25, -0.2) is 0 Å². The van der Waals surface area contributed by atoms with Gasteiger partial charge in [0.25, 0.3) is 0 Å². The van der Waals surface area contributed by atoms with Crippen molar-refractivity contribution in [2.24, 2.45) is 5.92 Å². The maximum Gasteiger partial charge on any atom is 0.114 e. The van der Waals surface area contributed by atoms with Gasteiger partial charge in [0.05, 0.1) is 12.2 Å². The second-order valence-corrected chi connectivity index (χ2v) is 3.52. The molecule has 0 saturated heterocycles. The predicted octanol–water partition coefficient (Wildman–Crippen LogP) is -1.91. The van der Waals surface area contributed by atoms with Gasteiger partial charge in [-0.05, 0) is 0 Å². The molecule has 1 aliphatic rings. The summed E-state index contributed by atoms with van der Waals surface area (Å²) in [7, 11) is 1.31. The normalized spacial score (nSPS) is 52.2. The molecular formula is C8H16O5. The van der Waals surface area contributed by atoms with Gasteiger partial charge in [-0.1, -0.05) is 6.92 Å². The Morgan fingerprint density at radius 1 is 0.846 bits per heavy atom. The number of rotatable bonds is 1. The minimum atomic E-state index is -1.15. The van der Waals surface area contributed by atoms with Crippen molar-refractivity contribution in [1.29, 1.82) is 0 Å². The van der Waals surface area contributed by atoms with Crippen molar-refractivity contribution in [1.82, 2.24) is 0 Å². The molecule has 4 unspecified atom stereocenters. The van der Waals surface area contributed by atoms with E-state index < -0.39 is 36.4 Å². The molecule has 0 bridgehead atoms. The van der Waals surface area contributed by atoms with E-state index in [1.54, 1.807) is 6.92 Å². The van der Waals surface area contributed by atoms with Crippen LogP contribution in [0.4, 0.5) is 0 Å². The van der Waals surface area contributed by atoms with Crippen LogP contribution in [0.1, 0.15) is 6.92 Å². The van der Waals surface area contributed by atoms with Gasteiger partial charge in [0, 0.05) is 13.0 Å². The standard InChI is InChI=1S/C8H16O5/c1-3-4(9)6(11)8(13-2)7(12)5(3)10/h3-12H,1-2H3. The summed E-state index contributed by atoms with van der Waals surface area (Å²) >= 11 is 0. The Kier molecular flexibility index (Phi) is 3.26. The highest BCUT2D eigenvalue weighted by atomic mass is 16.5. The first-order valence-corrected chi connectivity index (χ1v) is 4.25. The lowest BCUT2D eigenvalue weighted by molar-refractivity contribution is -0.208. The monoisotopic (exact) mass is 192 g/mol. The van der Waals surface area contributed by atoms with Gasteiger partial charge in [0.15, 0.2) is 0 Å². The molecular weight excluding hydrogens is 176 g/mol. The van der Waals surface area contributed by atoms with Crippen LogP contribution in [0.2, 0.25) is 0 Å². The molecule has 4 atom stereocenters. The smallest absolute Gasteiger partial charge is 0.114 e. The lowest BCUT2D eigenvalue weighted by Gasteiger charge is -2.41. The summed E-state index contributed by atoms with van der Waals surface area (Å²) in [4.78, 5) is 0. The van der Waals surface area contributed by atoms with Crippen molar-refractivity contribution in [2.75, 3.05) is 7.11 Å². The first-order valence-electron chi connectivity index (χ1n) is 4.25. The highest BCUT2D eigenvalue weighted by Crippen LogP contribution is 2.27. The fraction of sp³-hybridized carbons (Fsp3) is 1.00. The summed E-state index contributed by atoms with van der Waals surface area (Å²) in [6, 6.07) is 0. The molecule has 0 aromatic heterocycles. The summed E-state index contributed by atoms with van der Waals surface area (Å²) in [5, 5.41) is 37.8. The van der Waals surface area contributed by atoms with Gasteiger partial charge >= 0.3 is 0 Å². The number of hydrogen-bond donors (Lipinski definition) is 4. The molecule has 0 aliphatic heterocycles. The minimum absolute atomic E-state index is 0.559. The van der Waals surface area contributed by atoms with Crippen LogP contribution in [-0.4, -0.2) is 58.1 Å². The summed E-state index contributed by atoms with van der Waals surface area (Å²) in [5.74, 6) is -0.559. The third kappa shape index (κ3) is 1.70. The molecule has 1 saturated carbocycles. The van der Waals surface area contributed by atoms with Crippen molar-refractivity contribution in [3.05, 3.63) is 0 Å². The molecule has 0 amide bonds. The maximum absolute atomic E-state index is 9.45. The van der Waals surface area contributed by atoms with Crippen LogP contribution in [0.5, 0.6) is 0 Å².